The largest absolute Gasteiger partial charge is 0.505 e. The van der Waals surface area contributed by atoms with Crippen LogP contribution in [0.5, 0.6) is 11.5 Å². The number of methoxy groups -OCH3 is 1. The van der Waals surface area contributed by atoms with Crippen LogP contribution in [-0.4, -0.2) is 12.2 Å². The highest BCUT2D eigenvalue weighted by Gasteiger charge is 2.33. The normalized spacial score (nSPS) is 30.0. The lowest BCUT2D eigenvalue weighted by Gasteiger charge is -2.37. The molecule has 0 radical (unpaired) electrons. The van der Waals surface area contributed by atoms with Crippen molar-refractivity contribution in [3.63, 3.8) is 0 Å². The van der Waals surface area contributed by atoms with E-state index in [9.17, 15) is 13.9 Å². The molecule has 1 N–H and O–H groups in total. The van der Waals surface area contributed by atoms with Crippen LogP contribution in [0.15, 0.2) is 18.7 Å². The number of ether oxygens (including phenoxy) is 1. The van der Waals surface area contributed by atoms with Crippen LogP contribution in [-0.2, 0) is 0 Å². The van der Waals surface area contributed by atoms with Gasteiger partial charge in [0.2, 0.25) is 5.82 Å². The molecule has 2 aliphatic carbocycles. The smallest absolute Gasteiger partial charge is 0.200 e. The van der Waals surface area contributed by atoms with E-state index < -0.39 is 17.4 Å². The molecule has 1 aromatic carbocycles. The predicted molar refractivity (Wildman–Crippen MR) is 94.9 cm³/mol. The number of benzene rings is 1. The van der Waals surface area contributed by atoms with E-state index in [2.05, 4.69) is 12.7 Å². The first-order valence-corrected chi connectivity index (χ1v) is 9.42. The molecule has 0 amide bonds. The standard InChI is InChI=1S/C21H28F2O2/c1-3-13-4-6-14(7-5-13)15-8-10-16(11-9-15)19-18(25-2)12-17(24)20(22)21(19)23/h3,12-16,24H,1,4-11H2,2H3. The van der Waals surface area contributed by atoms with E-state index in [0.29, 0.717) is 17.4 Å². The number of allylic oxidation sites excluding steroid dienone is 1. The summed E-state index contributed by atoms with van der Waals surface area (Å²) in [5.74, 6) is -0.459. The molecular formula is C21H28F2O2. The van der Waals surface area contributed by atoms with Crippen LogP contribution in [0, 0.1) is 29.4 Å². The summed E-state index contributed by atoms with van der Waals surface area (Å²) in [6.45, 7) is 3.91. The molecule has 25 heavy (non-hydrogen) atoms. The molecule has 0 unspecified atom stereocenters. The van der Waals surface area contributed by atoms with E-state index in [-0.39, 0.29) is 11.7 Å². The maximum atomic E-state index is 14.4. The molecule has 4 heteroatoms. The molecule has 0 bridgehead atoms. The second kappa shape index (κ2) is 7.76. The summed E-state index contributed by atoms with van der Waals surface area (Å²) >= 11 is 0. The molecule has 2 aliphatic rings. The predicted octanol–water partition coefficient (Wildman–Crippen LogP) is 5.95. The summed E-state index contributed by atoms with van der Waals surface area (Å²) < 4.78 is 33.4. The van der Waals surface area contributed by atoms with Crippen molar-refractivity contribution in [2.75, 3.05) is 7.11 Å². The van der Waals surface area contributed by atoms with Gasteiger partial charge in [-0.15, -0.1) is 6.58 Å². The molecule has 2 nitrogen and oxygen atoms in total. The SMILES string of the molecule is C=CC1CCC(C2CCC(c3c(OC)cc(O)c(F)c3F)CC2)CC1. The molecule has 0 aliphatic heterocycles. The van der Waals surface area contributed by atoms with E-state index >= 15 is 0 Å². The maximum absolute atomic E-state index is 14.4. The molecule has 0 atom stereocenters. The molecule has 0 spiro atoms. The lowest BCUT2D eigenvalue weighted by molar-refractivity contribution is 0.170. The highest BCUT2D eigenvalue weighted by Crippen LogP contribution is 2.47. The van der Waals surface area contributed by atoms with E-state index in [1.165, 1.54) is 38.9 Å². The number of rotatable bonds is 4. The van der Waals surface area contributed by atoms with Gasteiger partial charge in [0.25, 0.3) is 0 Å². The van der Waals surface area contributed by atoms with Gasteiger partial charge in [-0.25, -0.2) is 4.39 Å². The average molecular weight is 350 g/mol. The fourth-order valence-corrected chi connectivity index (χ4v) is 4.88. The van der Waals surface area contributed by atoms with Crippen LogP contribution in [0.3, 0.4) is 0 Å². The molecule has 3 rings (SSSR count). The molecule has 2 fully saturated rings. The van der Waals surface area contributed by atoms with Gasteiger partial charge in [-0.2, -0.15) is 4.39 Å². The van der Waals surface area contributed by atoms with Crippen molar-refractivity contribution in [1.82, 2.24) is 0 Å². The summed E-state index contributed by atoms with van der Waals surface area (Å²) in [6.07, 6.45) is 10.9. The topological polar surface area (TPSA) is 29.5 Å². The number of aromatic hydroxyl groups is 1. The van der Waals surface area contributed by atoms with Gasteiger partial charge in [0.15, 0.2) is 11.6 Å². The zero-order chi connectivity index (χ0) is 18.0. The average Bonchev–Trinajstić information content (AvgIpc) is 2.66. The van der Waals surface area contributed by atoms with Gasteiger partial charge in [-0.1, -0.05) is 6.08 Å². The maximum Gasteiger partial charge on any atom is 0.200 e. The van der Waals surface area contributed by atoms with Crippen LogP contribution >= 0.6 is 0 Å². The lowest BCUT2D eigenvalue weighted by Crippen LogP contribution is -2.25. The van der Waals surface area contributed by atoms with Gasteiger partial charge in [-0.05, 0) is 75.0 Å². The summed E-state index contributed by atoms with van der Waals surface area (Å²) in [5, 5.41) is 9.49. The number of phenols is 1. The summed E-state index contributed by atoms with van der Waals surface area (Å²) in [7, 11) is 1.43. The second-order valence-electron chi connectivity index (χ2n) is 7.66. The van der Waals surface area contributed by atoms with Crippen molar-refractivity contribution in [2.45, 2.75) is 57.3 Å². The Morgan fingerprint density at radius 1 is 1.00 bits per heavy atom. The van der Waals surface area contributed by atoms with Gasteiger partial charge in [0.1, 0.15) is 5.75 Å². The number of hydrogen-bond donors (Lipinski definition) is 1. The molecule has 2 saturated carbocycles. The van der Waals surface area contributed by atoms with Gasteiger partial charge < -0.3 is 9.84 Å². The fraction of sp³-hybridized carbons (Fsp3) is 0.619. The van der Waals surface area contributed by atoms with Crippen molar-refractivity contribution < 1.29 is 18.6 Å². The zero-order valence-electron chi connectivity index (χ0n) is 14.9. The van der Waals surface area contributed by atoms with Crippen molar-refractivity contribution in [1.29, 1.82) is 0 Å². The molecule has 0 saturated heterocycles. The van der Waals surface area contributed by atoms with Crippen LogP contribution in [0.25, 0.3) is 0 Å². The van der Waals surface area contributed by atoms with Crippen LogP contribution < -0.4 is 4.74 Å². The van der Waals surface area contributed by atoms with Gasteiger partial charge in [0, 0.05) is 11.6 Å². The third-order valence-electron chi connectivity index (χ3n) is 6.40. The minimum Gasteiger partial charge on any atom is -0.505 e. The monoisotopic (exact) mass is 350 g/mol. The van der Waals surface area contributed by atoms with E-state index in [1.807, 2.05) is 0 Å². The van der Waals surface area contributed by atoms with E-state index in [0.717, 1.165) is 31.6 Å². The second-order valence-corrected chi connectivity index (χ2v) is 7.66. The quantitative estimate of drug-likeness (QED) is 0.680. The van der Waals surface area contributed by atoms with E-state index in [1.54, 1.807) is 0 Å². The molecule has 138 valence electrons. The highest BCUT2D eigenvalue weighted by atomic mass is 19.2. The van der Waals surface area contributed by atoms with Gasteiger partial charge >= 0.3 is 0 Å². The Bertz CT molecular complexity index is 613. The third kappa shape index (κ3) is 3.68. The van der Waals surface area contributed by atoms with Crippen LogP contribution in [0.2, 0.25) is 0 Å². The number of phenolic OH excluding ortho intramolecular Hbond substituents is 1. The Kier molecular flexibility index (Phi) is 5.65. The minimum atomic E-state index is -1.17. The number of hydrogen-bond acceptors (Lipinski definition) is 2. The van der Waals surface area contributed by atoms with Crippen molar-refractivity contribution >= 4 is 0 Å². The summed E-state index contributed by atoms with van der Waals surface area (Å²) in [6, 6.07) is 1.19. The highest BCUT2D eigenvalue weighted by molar-refractivity contribution is 5.44. The molecule has 0 aromatic heterocycles. The first-order chi connectivity index (χ1) is 12.0. The van der Waals surface area contributed by atoms with Gasteiger partial charge in [-0.3, -0.25) is 0 Å². The minimum absolute atomic E-state index is 0.0363. The molecular weight excluding hydrogens is 322 g/mol. The lowest BCUT2D eigenvalue weighted by atomic mass is 9.68. The Morgan fingerprint density at radius 2 is 1.56 bits per heavy atom. The number of halogens is 2. The zero-order valence-corrected chi connectivity index (χ0v) is 14.9. The Hall–Kier alpha value is -1.58. The third-order valence-corrected chi connectivity index (χ3v) is 6.40. The first-order valence-electron chi connectivity index (χ1n) is 9.42. The first kappa shape index (κ1) is 18.2. The van der Waals surface area contributed by atoms with Crippen LogP contribution in [0.1, 0.15) is 62.8 Å². The summed E-state index contributed by atoms with van der Waals surface area (Å²) in [5.41, 5.74) is 0.298. The van der Waals surface area contributed by atoms with Gasteiger partial charge in [0.05, 0.1) is 7.11 Å². The Labute approximate surface area is 148 Å². The Morgan fingerprint density at radius 3 is 2.08 bits per heavy atom. The molecule has 0 heterocycles. The fourth-order valence-electron chi connectivity index (χ4n) is 4.88. The van der Waals surface area contributed by atoms with Crippen molar-refractivity contribution in [2.24, 2.45) is 17.8 Å². The van der Waals surface area contributed by atoms with Crippen LogP contribution in [0.4, 0.5) is 8.78 Å². The van der Waals surface area contributed by atoms with E-state index in [4.69, 9.17) is 4.74 Å². The van der Waals surface area contributed by atoms with Crippen molar-refractivity contribution in [3.05, 3.63) is 35.9 Å². The van der Waals surface area contributed by atoms with Crippen molar-refractivity contribution in [3.8, 4) is 11.5 Å². The Balaban J connectivity index is 1.67. The molecule has 1 aromatic rings. The summed E-state index contributed by atoms with van der Waals surface area (Å²) in [4.78, 5) is 0.